The number of benzene rings is 2. The van der Waals surface area contributed by atoms with Crippen LogP contribution in [0.3, 0.4) is 0 Å². The normalized spacial score (nSPS) is 10.1. The van der Waals surface area contributed by atoms with E-state index in [2.05, 4.69) is 10.6 Å². The third kappa shape index (κ3) is 4.48. The fraction of sp³-hybridized carbons (Fsp3) is 0.125. The van der Waals surface area contributed by atoms with Crippen LogP contribution in [-0.2, 0) is 16.0 Å². The van der Waals surface area contributed by atoms with Crippen molar-refractivity contribution in [3.8, 4) is 0 Å². The number of hydrogen-bond donors (Lipinski definition) is 2. The van der Waals surface area contributed by atoms with Crippen molar-refractivity contribution in [2.24, 2.45) is 0 Å². The maximum absolute atomic E-state index is 11.9. The first-order valence-corrected chi connectivity index (χ1v) is 7.41. The zero-order valence-corrected chi connectivity index (χ0v) is 13.3. The number of aryl methyl sites for hydroxylation is 1. The van der Waals surface area contributed by atoms with Crippen LogP contribution in [0.4, 0.5) is 11.4 Å². The molecule has 2 rings (SSSR count). The molecule has 0 saturated heterocycles. The molecule has 0 saturated carbocycles. The standard InChI is InChI=1S/C16H14Cl2N2O2/c1-2-10-3-5-13(6-4-10)19-15(21)16(22)20-14-8-11(17)7-12(18)9-14/h3-9H,2H2,1H3,(H,19,21)(H,20,22). The molecule has 2 aromatic carbocycles. The summed E-state index contributed by atoms with van der Waals surface area (Å²) in [6, 6.07) is 11.8. The lowest BCUT2D eigenvalue weighted by atomic mass is 10.1. The maximum Gasteiger partial charge on any atom is 0.314 e. The van der Waals surface area contributed by atoms with Gasteiger partial charge in [0, 0.05) is 21.4 Å². The highest BCUT2D eigenvalue weighted by molar-refractivity contribution is 6.44. The van der Waals surface area contributed by atoms with Gasteiger partial charge in [0.1, 0.15) is 0 Å². The highest BCUT2D eigenvalue weighted by Gasteiger charge is 2.14. The fourth-order valence-corrected chi connectivity index (χ4v) is 2.35. The summed E-state index contributed by atoms with van der Waals surface area (Å²) in [6.07, 6.45) is 0.907. The van der Waals surface area contributed by atoms with Crippen molar-refractivity contribution in [2.45, 2.75) is 13.3 Å². The molecule has 0 fully saturated rings. The molecule has 4 nitrogen and oxygen atoms in total. The van der Waals surface area contributed by atoms with Gasteiger partial charge in [-0.15, -0.1) is 0 Å². The van der Waals surface area contributed by atoms with Gasteiger partial charge in [-0.25, -0.2) is 0 Å². The summed E-state index contributed by atoms with van der Waals surface area (Å²) < 4.78 is 0. The summed E-state index contributed by atoms with van der Waals surface area (Å²) >= 11 is 11.7. The molecule has 2 aromatic rings. The molecule has 0 unspecified atom stereocenters. The highest BCUT2D eigenvalue weighted by atomic mass is 35.5. The second kappa shape index (κ2) is 7.29. The van der Waals surface area contributed by atoms with Crippen LogP contribution in [0.2, 0.25) is 10.0 Å². The Hall–Kier alpha value is -2.04. The number of halogens is 2. The number of carbonyl (C=O) groups is 2. The minimum Gasteiger partial charge on any atom is -0.318 e. The lowest BCUT2D eigenvalue weighted by Gasteiger charge is -2.08. The van der Waals surface area contributed by atoms with Gasteiger partial charge in [-0.05, 0) is 42.3 Å². The Kier molecular flexibility index (Phi) is 5.41. The Bertz CT molecular complexity index is 680. The van der Waals surface area contributed by atoms with Crippen LogP contribution in [0.25, 0.3) is 0 Å². The Labute approximate surface area is 138 Å². The van der Waals surface area contributed by atoms with Crippen LogP contribution < -0.4 is 10.6 Å². The molecular formula is C16H14Cl2N2O2. The monoisotopic (exact) mass is 336 g/mol. The van der Waals surface area contributed by atoms with E-state index in [0.717, 1.165) is 12.0 Å². The van der Waals surface area contributed by atoms with Crippen LogP contribution in [-0.4, -0.2) is 11.8 Å². The largest absolute Gasteiger partial charge is 0.318 e. The average molecular weight is 337 g/mol. The zero-order chi connectivity index (χ0) is 16.1. The van der Waals surface area contributed by atoms with Crippen molar-refractivity contribution >= 4 is 46.4 Å². The Morgan fingerprint density at radius 1 is 0.864 bits per heavy atom. The van der Waals surface area contributed by atoms with E-state index in [9.17, 15) is 9.59 Å². The van der Waals surface area contributed by atoms with Crippen molar-refractivity contribution in [2.75, 3.05) is 10.6 Å². The van der Waals surface area contributed by atoms with E-state index in [-0.39, 0.29) is 0 Å². The molecule has 2 N–H and O–H groups in total. The molecular weight excluding hydrogens is 323 g/mol. The molecule has 0 atom stereocenters. The van der Waals surface area contributed by atoms with Crippen LogP contribution in [0, 0.1) is 0 Å². The summed E-state index contributed by atoms with van der Waals surface area (Å²) in [5.74, 6) is -1.56. The molecule has 0 aliphatic rings. The number of carbonyl (C=O) groups excluding carboxylic acids is 2. The molecule has 0 radical (unpaired) electrons. The number of nitrogens with one attached hydrogen (secondary N) is 2. The second-order valence-electron chi connectivity index (χ2n) is 4.62. The van der Waals surface area contributed by atoms with Gasteiger partial charge in [0.25, 0.3) is 0 Å². The lowest BCUT2D eigenvalue weighted by molar-refractivity contribution is -0.132. The van der Waals surface area contributed by atoms with Gasteiger partial charge in [0.05, 0.1) is 0 Å². The van der Waals surface area contributed by atoms with Crippen molar-refractivity contribution in [3.05, 3.63) is 58.1 Å². The number of rotatable bonds is 3. The third-order valence-electron chi connectivity index (χ3n) is 2.95. The topological polar surface area (TPSA) is 58.2 Å². The molecule has 6 heteroatoms. The first-order valence-electron chi connectivity index (χ1n) is 6.65. The van der Waals surface area contributed by atoms with E-state index in [1.54, 1.807) is 12.1 Å². The second-order valence-corrected chi connectivity index (χ2v) is 5.49. The minimum absolute atomic E-state index is 0.360. The molecule has 0 aliphatic carbocycles. The first-order chi connectivity index (χ1) is 10.5. The van der Waals surface area contributed by atoms with E-state index in [0.29, 0.717) is 21.4 Å². The van der Waals surface area contributed by atoms with Gasteiger partial charge < -0.3 is 10.6 Å². The summed E-state index contributed by atoms with van der Waals surface area (Å²) in [6.45, 7) is 2.04. The van der Waals surface area contributed by atoms with Gasteiger partial charge in [-0.2, -0.15) is 0 Å². The Morgan fingerprint density at radius 2 is 1.36 bits per heavy atom. The molecule has 0 aliphatic heterocycles. The van der Waals surface area contributed by atoms with Crippen LogP contribution >= 0.6 is 23.2 Å². The summed E-state index contributed by atoms with van der Waals surface area (Å²) in [5.41, 5.74) is 2.07. The maximum atomic E-state index is 11.9. The molecule has 114 valence electrons. The molecule has 0 spiro atoms. The molecule has 0 bridgehead atoms. The van der Waals surface area contributed by atoms with E-state index >= 15 is 0 Å². The molecule has 2 amide bonds. The van der Waals surface area contributed by atoms with Gasteiger partial charge in [0.15, 0.2) is 0 Å². The minimum atomic E-state index is -0.794. The summed E-state index contributed by atoms with van der Waals surface area (Å²) in [5, 5.41) is 5.72. The third-order valence-corrected chi connectivity index (χ3v) is 3.38. The number of amides is 2. The predicted octanol–water partition coefficient (Wildman–Crippen LogP) is 4.13. The summed E-state index contributed by atoms with van der Waals surface area (Å²) in [4.78, 5) is 23.7. The zero-order valence-electron chi connectivity index (χ0n) is 11.8. The average Bonchev–Trinajstić information content (AvgIpc) is 2.46. The van der Waals surface area contributed by atoms with E-state index in [4.69, 9.17) is 23.2 Å². The SMILES string of the molecule is CCc1ccc(NC(=O)C(=O)Nc2cc(Cl)cc(Cl)c2)cc1. The quantitative estimate of drug-likeness (QED) is 0.828. The van der Waals surface area contributed by atoms with Gasteiger partial charge in [-0.3, -0.25) is 9.59 Å². The highest BCUT2D eigenvalue weighted by Crippen LogP contribution is 2.22. The Morgan fingerprint density at radius 3 is 1.86 bits per heavy atom. The van der Waals surface area contributed by atoms with Crippen LogP contribution in [0.15, 0.2) is 42.5 Å². The van der Waals surface area contributed by atoms with E-state index in [1.165, 1.54) is 18.2 Å². The summed E-state index contributed by atoms with van der Waals surface area (Å²) in [7, 11) is 0. The predicted molar refractivity (Wildman–Crippen MR) is 89.5 cm³/mol. The van der Waals surface area contributed by atoms with Gasteiger partial charge in [-0.1, -0.05) is 42.3 Å². The van der Waals surface area contributed by atoms with Crippen molar-refractivity contribution in [1.29, 1.82) is 0 Å². The van der Waals surface area contributed by atoms with Crippen LogP contribution in [0.5, 0.6) is 0 Å². The number of hydrogen-bond acceptors (Lipinski definition) is 2. The van der Waals surface area contributed by atoms with Gasteiger partial charge >= 0.3 is 11.8 Å². The van der Waals surface area contributed by atoms with Crippen molar-refractivity contribution in [1.82, 2.24) is 0 Å². The molecule has 22 heavy (non-hydrogen) atoms. The van der Waals surface area contributed by atoms with Crippen LogP contribution in [0.1, 0.15) is 12.5 Å². The van der Waals surface area contributed by atoms with Crippen molar-refractivity contribution < 1.29 is 9.59 Å². The van der Waals surface area contributed by atoms with E-state index in [1.807, 2.05) is 19.1 Å². The van der Waals surface area contributed by atoms with Gasteiger partial charge in [0.2, 0.25) is 0 Å². The fourth-order valence-electron chi connectivity index (χ4n) is 1.83. The smallest absolute Gasteiger partial charge is 0.314 e. The first kappa shape index (κ1) is 16.3. The molecule has 0 heterocycles. The van der Waals surface area contributed by atoms with Crippen molar-refractivity contribution in [3.63, 3.8) is 0 Å². The van der Waals surface area contributed by atoms with E-state index < -0.39 is 11.8 Å². The molecule has 0 aromatic heterocycles. The Balaban J connectivity index is 2.00. The number of anilines is 2. The lowest BCUT2D eigenvalue weighted by Crippen LogP contribution is -2.29.